The first-order valence-corrected chi connectivity index (χ1v) is 9.38. The van der Waals surface area contributed by atoms with Gasteiger partial charge in [-0.2, -0.15) is 0 Å². The minimum absolute atomic E-state index is 0.0861. The Morgan fingerprint density at radius 3 is 2.73 bits per heavy atom. The first-order chi connectivity index (χ1) is 14.5. The van der Waals surface area contributed by atoms with E-state index in [0.29, 0.717) is 52.4 Å². The van der Waals surface area contributed by atoms with Crippen molar-refractivity contribution in [2.45, 2.75) is 12.8 Å². The van der Waals surface area contributed by atoms with E-state index in [1.807, 2.05) is 24.3 Å². The fourth-order valence-electron chi connectivity index (χ4n) is 3.66. The Hall–Kier alpha value is -3.74. The molecule has 0 amide bonds. The zero-order valence-electron chi connectivity index (χ0n) is 16.6. The molecule has 7 heteroatoms. The quantitative estimate of drug-likeness (QED) is 0.663. The fourth-order valence-corrected chi connectivity index (χ4v) is 3.66. The zero-order valence-corrected chi connectivity index (χ0v) is 16.6. The van der Waals surface area contributed by atoms with Gasteiger partial charge in [0.25, 0.3) is 0 Å². The first kappa shape index (κ1) is 19.6. The van der Waals surface area contributed by atoms with E-state index >= 15 is 0 Å². The smallest absolute Gasteiger partial charge is 0.341 e. The maximum atomic E-state index is 13.0. The van der Waals surface area contributed by atoms with Crippen LogP contribution in [0.25, 0.3) is 22.6 Å². The maximum absolute atomic E-state index is 13.0. The minimum atomic E-state index is -1.08. The van der Waals surface area contributed by atoms with Crippen LogP contribution in [0.4, 0.5) is 0 Å². The number of carbonyl (C=O) groups is 1. The predicted octanol–water partition coefficient (Wildman–Crippen LogP) is 3.76. The maximum Gasteiger partial charge on any atom is 0.341 e. The summed E-state index contributed by atoms with van der Waals surface area (Å²) < 4.78 is 22.1. The molecule has 154 valence electrons. The average molecular weight is 408 g/mol. The second kappa shape index (κ2) is 7.94. The summed E-state index contributed by atoms with van der Waals surface area (Å²) in [6, 6.07) is 10.3. The van der Waals surface area contributed by atoms with E-state index in [1.54, 1.807) is 32.4 Å². The SMILES string of the molecule is COc1cccc(/C=C2/CCc3c2oc2cc(OCC(=O)O)ccc2c3=O)c1OC. The van der Waals surface area contributed by atoms with E-state index in [1.165, 1.54) is 0 Å². The number of rotatable bonds is 6. The number of para-hydroxylation sites is 1. The number of methoxy groups -OCH3 is 2. The van der Waals surface area contributed by atoms with Crippen molar-refractivity contribution in [3.63, 3.8) is 0 Å². The highest BCUT2D eigenvalue weighted by Gasteiger charge is 2.24. The number of carboxylic acids is 1. The van der Waals surface area contributed by atoms with E-state index in [-0.39, 0.29) is 5.43 Å². The molecular formula is C23H20O7. The standard InChI is InChI=1S/C23H20O7/c1-27-18-5-3-4-13(23(18)28-2)10-14-6-8-17-21(26)16-9-7-15(29-12-20(24)25)11-19(16)30-22(14)17/h3-5,7,9-11H,6,8,12H2,1-2H3,(H,24,25)/b14-10-. The average Bonchev–Trinajstić information content (AvgIpc) is 3.14. The van der Waals surface area contributed by atoms with Gasteiger partial charge in [-0.3, -0.25) is 4.79 Å². The Morgan fingerprint density at radius 2 is 2.00 bits per heavy atom. The molecule has 0 fully saturated rings. The molecule has 4 rings (SSSR count). The summed E-state index contributed by atoms with van der Waals surface area (Å²) >= 11 is 0. The monoisotopic (exact) mass is 408 g/mol. The van der Waals surface area contributed by atoms with Crippen molar-refractivity contribution < 1.29 is 28.5 Å². The molecule has 0 unspecified atom stereocenters. The fraction of sp³-hybridized carbons (Fsp3) is 0.217. The van der Waals surface area contributed by atoms with E-state index in [4.69, 9.17) is 23.7 Å². The Labute approximate surface area is 172 Å². The highest BCUT2D eigenvalue weighted by Crippen LogP contribution is 2.38. The summed E-state index contributed by atoms with van der Waals surface area (Å²) in [5.74, 6) is 1.00. The van der Waals surface area contributed by atoms with Crippen LogP contribution in [0.2, 0.25) is 0 Å². The number of hydrogen-bond acceptors (Lipinski definition) is 6. The van der Waals surface area contributed by atoms with Crippen molar-refractivity contribution in [2.24, 2.45) is 0 Å². The highest BCUT2D eigenvalue weighted by molar-refractivity contribution is 5.88. The molecule has 0 radical (unpaired) electrons. The van der Waals surface area contributed by atoms with Gasteiger partial charge in [-0.05, 0) is 42.7 Å². The lowest BCUT2D eigenvalue weighted by Crippen LogP contribution is -2.10. The minimum Gasteiger partial charge on any atom is -0.493 e. The summed E-state index contributed by atoms with van der Waals surface area (Å²) in [5.41, 5.74) is 2.60. The first-order valence-electron chi connectivity index (χ1n) is 9.38. The summed E-state index contributed by atoms with van der Waals surface area (Å²) in [7, 11) is 3.16. The van der Waals surface area contributed by atoms with Crippen molar-refractivity contribution >= 4 is 28.6 Å². The van der Waals surface area contributed by atoms with E-state index < -0.39 is 12.6 Å². The number of allylic oxidation sites excluding steroid dienone is 1. The Balaban J connectivity index is 1.80. The van der Waals surface area contributed by atoms with Crippen LogP contribution >= 0.6 is 0 Å². The third kappa shape index (κ3) is 3.50. The van der Waals surface area contributed by atoms with Gasteiger partial charge < -0.3 is 23.7 Å². The molecule has 0 aliphatic heterocycles. The van der Waals surface area contributed by atoms with Gasteiger partial charge in [-0.25, -0.2) is 4.79 Å². The molecule has 1 aliphatic carbocycles. The third-order valence-electron chi connectivity index (χ3n) is 5.02. The van der Waals surface area contributed by atoms with Crippen molar-refractivity contribution in [3.8, 4) is 17.2 Å². The van der Waals surface area contributed by atoms with Gasteiger partial charge in [-0.15, -0.1) is 0 Å². The number of carboxylic acid groups (broad SMARTS) is 1. The second-order valence-corrected chi connectivity index (χ2v) is 6.83. The van der Waals surface area contributed by atoms with Crippen LogP contribution in [0.5, 0.6) is 17.2 Å². The van der Waals surface area contributed by atoms with E-state index in [2.05, 4.69) is 0 Å². The van der Waals surface area contributed by atoms with Gasteiger partial charge in [0.15, 0.2) is 23.5 Å². The van der Waals surface area contributed by atoms with Crippen molar-refractivity contribution in [3.05, 3.63) is 63.5 Å². The molecule has 1 aliphatic rings. The van der Waals surface area contributed by atoms with Gasteiger partial charge in [0.2, 0.25) is 0 Å². The van der Waals surface area contributed by atoms with Crippen LogP contribution in [-0.2, 0) is 11.2 Å². The predicted molar refractivity (Wildman–Crippen MR) is 111 cm³/mol. The topological polar surface area (TPSA) is 95.2 Å². The molecule has 2 aromatic carbocycles. The highest BCUT2D eigenvalue weighted by atomic mass is 16.5. The molecule has 1 aromatic heterocycles. The molecule has 0 atom stereocenters. The van der Waals surface area contributed by atoms with Gasteiger partial charge in [0.05, 0.1) is 19.6 Å². The molecule has 7 nitrogen and oxygen atoms in total. The molecule has 0 saturated heterocycles. The van der Waals surface area contributed by atoms with E-state index in [9.17, 15) is 9.59 Å². The van der Waals surface area contributed by atoms with Crippen LogP contribution in [-0.4, -0.2) is 31.9 Å². The van der Waals surface area contributed by atoms with Crippen LogP contribution < -0.4 is 19.6 Å². The number of fused-ring (bicyclic) bond motifs is 2. The summed E-state index contributed by atoms with van der Waals surface area (Å²) in [4.78, 5) is 23.7. The van der Waals surface area contributed by atoms with Gasteiger partial charge >= 0.3 is 5.97 Å². The number of benzene rings is 2. The molecule has 1 N–H and O–H groups in total. The number of aliphatic carboxylic acids is 1. The second-order valence-electron chi connectivity index (χ2n) is 6.83. The lowest BCUT2D eigenvalue weighted by molar-refractivity contribution is -0.139. The largest absolute Gasteiger partial charge is 0.493 e. The Bertz CT molecular complexity index is 1220. The summed E-state index contributed by atoms with van der Waals surface area (Å²) in [6.45, 7) is -0.471. The number of hydrogen-bond donors (Lipinski definition) is 1. The van der Waals surface area contributed by atoms with Crippen LogP contribution in [0.15, 0.2) is 45.6 Å². The van der Waals surface area contributed by atoms with Crippen LogP contribution in [0, 0.1) is 0 Å². The molecule has 30 heavy (non-hydrogen) atoms. The van der Waals surface area contributed by atoms with Crippen LogP contribution in [0.3, 0.4) is 0 Å². The lowest BCUT2D eigenvalue weighted by atomic mass is 10.1. The van der Waals surface area contributed by atoms with Crippen molar-refractivity contribution in [2.75, 3.05) is 20.8 Å². The van der Waals surface area contributed by atoms with Crippen molar-refractivity contribution in [1.82, 2.24) is 0 Å². The molecule has 1 heterocycles. The van der Waals surface area contributed by atoms with Gasteiger partial charge in [-0.1, -0.05) is 12.1 Å². The third-order valence-corrected chi connectivity index (χ3v) is 5.02. The van der Waals surface area contributed by atoms with Gasteiger partial charge in [0, 0.05) is 17.2 Å². The molecule has 0 spiro atoms. The van der Waals surface area contributed by atoms with Crippen molar-refractivity contribution in [1.29, 1.82) is 0 Å². The van der Waals surface area contributed by atoms with Crippen LogP contribution in [0.1, 0.15) is 23.3 Å². The summed E-state index contributed by atoms with van der Waals surface area (Å²) in [6.07, 6.45) is 3.18. The molecule has 3 aromatic rings. The Kier molecular flexibility index (Phi) is 5.18. The molecule has 0 bridgehead atoms. The molecular weight excluding hydrogens is 388 g/mol. The van der Waals surface area contributed by atoms with Gasteiger partial charge in [0.1, 0.15) is 17.1 Å². The normalized spacial score (nSPS) is 14.0. The summed E-state index contributed by atoms with van der Waals surface area (Å²) in [5, 5.41) is 9.23. The molecule has 0 saturated carbocycles. The lowest BCUT2D eigenvalue weighted by Gasteiger charge is -2.11. The number of ether oxygens (including phenoxy) is 3. The van der Waals surface area contributed by atoms with E-state index in [0.717, 1.165) is 11.1 Å². The Morgan fingerprint density at radius 1 is 1.17 bits per heavy atom. The zero-order chi connectivity index (χ0) is 21.3.